The zero-order valence-corrected chi connectivity index (χ0v) is 13.8. The number of benzene rings is 1. The summed E-state index contributed by atoms with van der Waals surface area (Å²) in [4.78, 5) is 23.9. The van der Waals surface area contributed by atoms with E-state index in [2.05, 4.69) is 5.32 Å². The van der Waals surface area contributed by atoms with Crippen LogP contribution in [0.1, 0.15) is 18.4 Å². The molecule has 0 unspecified atom stereocenters. The lowest BCUT2D eigenvalue weighted by Gasteiger charge is -2.33. The van der Waals surface area contributed by atoms with Gasteiger partial charge in [0.25, 0.3) is 0 Å². The molecule has 1 aliphatic heterocycles. The third kappa shape index (κ3) is 3.87. The number of ether oxygens (including phenoxy) is 1. The Kier molecular flexibility index (Phi) is 5.58. The van der Waals surface area contributed by atoms with Crippen molar-refractivity contribution in [1.82, 2.24) is 5.32 Å². The fourth-order valence-corrected chi connectivity index (χ4v) is 3.87. The van der Waals surface area contributed by atoms with Crippen molar-refractivity contribution in [2.75, 3.05) is 18.6 Å². The number of carboxylic acids is 1. The molecule has 1 aromatic rings. The largest absolute Gasteiger partial charge is 0.496 e. The molecule has 2 rings (SSSR count). The molecule has 7 heteroatoms. The molecule has 1 aromatic carbocycles. The predicted molar refractivity (Wildman–Crippen MR) is 86.8 cm³/mol. The lowest BCUT2D eigenvalue weighted by molar-refractivity contribution is -0.148. The van der Waals surface area contributed by atoms with Crippen molar-refractivity contribution >= 4 is 35.2 Å². The Labute approximate surface area is 138 Å². The lowest BCUT2D eigenvalue weighted by Crippen LogP contribution is -2.56. The maximum Gasteiger partial charge on any atom is 0.329 e. The van der Waals surface area contributed by atoms with Crippen molar-refractivity contribution in [2.24, 2.45) is 0 Å². The summed E-state index contributed by atoms with van der Waals surface area (Å²) in [5.41, 5.74) is -0.521. The number of aliphatic carboxylic acids is 1. The van der Waals surface area contributed by atoms with Crippen LogP contribution in [0.15, 0.2) is 18.2 Å². The first-order chi connectivity index (χ1) is 10.5. The van der Waals surface area contributed by atoms with Gasteiger partial charge in [-0.1, -0.05) is 11.6 Å². The highest BCUT2D eigenvalue weighted by atomic mass is 35.5. The van der Waals surface area contributed by atoms with Crippen molar-refractivity contribution in [3.8, 4) is 5.75 Å². The quantitative estimate of drug-likeness (QED) is 0.858. The van der Waals surface area contributed by atoms with Gasteiger partial charge in [-0.15, -0.1) is 0 Å². The third-order valence-corrected chi connectivity index (χ3v) is 4.95. The molecular weight excluding hydrogens is 326 g/mol. The van der Waals surface area contributed by atoms with Gasteiger partial charge in [0.15, 0.2) is 0 Å². The van der Waals surface area contributed by atoms with E-state index in [-0.39, 0.29) is 12.3 Å². The number of carbonyl (C=O) groups is 2. The summed E-state index contributed by atoms with van der Waals surface area (Å²) >= 11 is 7.64. The van der Waals surface area contributed by atoms with Gasteiger partial charge in [0.2, 0.25) is 5.91 Å². The molecule has 0 radical (unpaired) electrons. The Balaban J connectivity index is 2.12. The predicted octanol–water partition coefficient (Wildman–Crippen LogP) is 2.36. The molecule has 1 heterocycles. The zero-order chi connectivity index (χ0) is 16.2. The van der Waals surface area contributed by atoms with Gasteiger partial charge in [0.05, 0.1) is 13.5 Å². The maximum atomic E-state index is 12.3. The first-order valence-electron chi connectivity index (χ1n) is 6.91. The maximum absolute atomic E-state index is 12.3. The Hall–Kier alpha value is -1.40. The lowest BCUT2D eigenvalue weighted by atomic mass is 9.92. The topological polar surface area (TPSA) is 75.6 Å². The zero-order valence-electron chi connectivity index (χ0n) is 12.2. The number of nitrogens with one attached hydrogen (secondary N) is 1. The van der Waals surface area contributed by atoms with E-state index in [0.29, 0.717) is 29.2 Å². The molecule has 0 aliphatic carbocycles. The number of halogens is 1. The van der Waals surface area contributed by atoms with E-state index >= 15 is 0 Å². The molecule has 0 atom stereocenters. The van der Waals surface area contributed by atoms with E-state index in [1.54, 1.807) is 30.0 Å². The van der Waals surface area contributed by atoms with Crippen LogP contribution >= 0.6 is 23.4 Å². The van der Waals surface area contributed by atoms with Crippen LogP contribution in [0.5, 0.6) is 5.75 Å². The minimum Gasteiger partial charge on any atom is -0.496 e. The van der Waals surface area contributed by atoms with Crippen LogP contribution in [-0.2, 0) is 16.0 Å². The standard InChI is InChI=1S/C15H18ClNO4S/c1-21-12-3-2-11(16)8-10(12)9-13(18)17-15(14(19)20)4-6-22-7-5-15/h2-3,8H,4-7,9H2,1H3,(H,17,18)(H,19,20). The fraction of sp³-hybridized carbons (Fsp3) is 0.467. The molecule has 1 aliphatic rings. The highest BCUT2D eigenvalue weighted by molar-refractivity contribution is 7.99. The van der Waals surface area contributed by atoms with Gasteiger partial charge in [0, 0.05) is 10.6 Å². The molecule has 0 spiro atoms. The molecule has 0 saturated carbocycles. The number of thioether (sulfide) groups is 1. The van der Waals surface area contributed by atoms with Crippen LogP contribution in [0.25, 0.3) is 0 Å². The third-order valence-electron chi connectivity index (χ3n) is 3.73. The number of methoxy groups -OCH3 is 1. The second kappa shape index (κ2) is 7.24. The van der Waals surface area contributed by atoms with Crippen molar-refractivity contribution in [3.63, 3.8) is 0 Å². The first-order valence-corrected chi connectivity index (χ1v) is 8.45. The van der Waals surface area contributed by atoms with Crippen LogP contribution in [-0.4, -0.2) is 41.1 Å². The van der Waals surface area contributed by atoms with Crippen LogP contribution in [0.4, 0.5) is 0 Å². The molecule has 1 saturated heterocycles. The van der Waals surface area contributed by atoms with Gasteiger partial charge in [-0.05, 0) is 42.5 Å². The number of carbonyl (C=O) groups excluding carboxylic acids is 1. The van der Waals surface area contributed by atoms with Gasteiger partial charge in [-0.2, -0.15) is 11.8 Å². The van der Waals surface area contributed by atoms with Gasteiger partial charge in [0.1, 0.15) is 11.3 Å². The van der Waals surface area contributed by atoms with Gasteiger partial charge >= 0.3 is 5.97 Å². The van der Waals surface area contributed by atoms with Crippen molar-refractivity contribution in [1.29, 1.82) is 0 Å². The second-order valence-electron chi connectivity index (χ2n) is 5.18. The molecular formula is C15H18ClNO4S. The molecule has 120 valence electrons. The second-order valence-corrected chi connectivity index (χ2v) is 6.84. The van der Waals surface area contributed by atoms with E-state index in [9.17, 15) is 14.7 Å². The van der Waals surface area contributed by atoms with Crippen LogP contribution in [0.3, 0.4) is 0 Å². The van der Waals surface area contributed by atoms with Crippen molar-refractivity contribution in [3.05, 3.63) is 28.8 Å². The van der Waals surface area contributed by atoms with Crippen LogP contribution in [0.2, 0.25) is 5.02 Å². The molecule has 1 fully saturated rings. The van der Waals surface area contributed by atoms with E-state index in [0.717, 1.165) is 11.5 Å². The number of amides is 1. The summed E-state index contributed by atoms with van der Waals surface area (Å²) in [5, 5.41) is 12.7. The van der Waals surface area contributed by atoms with Crippen LogP contribution in [0, 0.1) is 0 Å². The molecule has 22 heavy (non-hydrogen) atoms. The monoisotopic (exact) mass is 343 g/mol. The summed E-state index contributed by atoms with van der Waals surface area (Å²) in [6.07, 6.45) is 0.906. The van der Waals surface area contributed by atoms with E-state index in [1.165, 1.54) is 7.11 Å². The fourth-order valence-electron chi connectivity index (χ4n) is 2.48. The van der Waals surface area contributed by atoms with E-state index in [4.69, 9.17) is 16.3 Å². The number of hydrogen-bond acceptors (Lipinski definition) is 4. The average molecular weight is 344 g/mol. The van der Waals surface area contributed by atoms with Crippen molar-refractivity contribution in [2.45, 2.75) is 24.8 Å². The molecule has 5 nitrogen and oxygen atoms in total. The molecule has 0 aromatic heterocycles. The summed E-state index contributed by atoms with van der Waals surface area (Å²) in [5.74, 6) is 0.706. The Morgan fingerprint density at radius 3 is 2.68 bits per heavy atom. The number of rotatable bonds is 5. The van der Waals surface area contributed by atoms with E-state index < -0.39 is 11.5 Å². The minimum absolute atomic E-state index is 0.0336. The van der Waals surface area contributed by atoms with E-state index in [1.807, 2.05) is 0 Å². The van der Waals surface area contributed by atoms with Crippen LogP contribution < -0.4 is 10.1 Å². The summed E-state index contributed by atoms with van der Waals surface area (Å²) in [7, 11) is 1.52. The van der Waals surface area contributed by atoms with Gasteiger partial charge < -0.3 is 15.2 Å². The van der Waals surface area contributed by atoms with Gasteiger partial charge in [-0.25, -0.2) is 4.79 Å². The summed E-state index contributed by atoms with van der Waals surface area (Å²) < 4.78 is 5.21. The highest BCUT2D eigenvalue weighted by Crippen LogP contribution is 2.28. The normalized spacial score (nSPS) is 16.8. The Bertz CT molecular complexity index is 573. The summed E-state index contributed by atoms with van der Waals surface area (Å²) in [6.45, 7) is 0. The number of hydrogen-bond donors (Lipinski definition) is 2. The molecule has 0 bridgehead atoms. The molecule has 2 N–H and O–H groups in total. The first kappa shape index (κ1) is 17.0. The number of carboxylic acid groups (broad SMARTS) is 1. The minimum atomic E-state index is -1.16. The molecule has 1 amide bonds. The smallest absolute Gasteiger partial charge is 0.329 e. The van der Waals surface area contributed by atoms with Gasteiger partial charge in [-0.3, -0.25) is 4.79 Å². The van der Waals surface area contributed by atoms with Crippen molar-refractivity contribution < 1.29 is 19.4 Å². The summed E-state index contributed by atoms with van der Waals surface area (Å²) in [6, 6.07) is 5.03. The Morgan fingerprint density at radius 2 is 2.09 bits per heavy atom. The SMILES string of the molecule is COc1ccc(Cl)cc1CC(=O)NC1(C(=O)O)CCSCC1. The average Bonchev–Trinajstić information content (AvgIpc) is 2.48. The highest BCUT2D eigenvalue weighted by Gasteiger charge is 2.41. The Morgan fingerprint density at radius 1 is 1.41 bits per heavy atom.